The molecule has 0 saturated carbocycles. The fourth-order valence-corrected chi connectivity index (χ4v) is 3.59. The van der Waals surface area contributed by atoms with Crippen LogP contribution in [0.25, 0.3) is 0 Å². The normalized spacial score (nSPS) is 14.7. The molecule has 0 bridgehead atoms. The van der Waals surface area contributed by atoms with Crippen molar-refractivity contribution in [1.82, 2.24) is 19.7 Å². The Bertz CT molecular complexity index is 948. The van der Waals surface area contributed by atoms with Crippen LogP contribution < -0.4 is 0 Å². The lowest BCUT2D eigenvalue weighted by atomic mass is 10.1. The van der Waals surface area contributed by atoms with Crippen molar-refractivity contribution in [3.8, 4) is 0 Å². The smallest absolute Gasteiger partial charge is 0.228 e. The van der Waals surface area contributed by atoms with Gasteiger partial charge in [-0.2, -0.15) is 5.10 Å². The molecule has 1 amide bonds. The Balaban J connectivity index is 1.44. The average Bonchev–Trinajstić information content (AvgIpc) is 3.32. The predicted molar refractivity (Wildman–Crippen MR) is 102 cm³/mol. The van der Waals surface area contributed by atoms with Gasteiger partial charge < -0.3 is 14.1 Å². The van der Waals surface area contributed by atoms with Crippen molar-refractivity contribution in [2.45, 2.75) is 31.9 Å². The van der Waals surface area contributed by atoms with Gasteiger partial charge in [0.15, 0.2) is 6.10 Å². The van der Waals surface area contributed by atoms with E-state index in [1.54, 1.807) is 18.0 Å². The Hall–Kier alpha value is -2.93. The van der Waals surface area contributed by atoms with Gasteiger partial charge in [0.25, 0.3) is 0 Å². The number of carbonyl (C=O) groups is 1. The molecule has 7 heteroatoms. The molecule has 2 aromatic heterocycles. The molecule has 1 aliphatic rings. The third kappa shape index (κ3) is 3.71. The van der Waals surface area contributed by atoms with E-state index in [0.717, 1.165) is 22.7 Å². The lowest BCUT2D eigenvalue weighted by molar-refractivity contribution is -0.132. The molecule has 1 aliphatic heterocycles. The SMILES string of the molecule is COC(c1ccccc1)c1nc2c(o1)CCN(C(=O)CCc1ccnn1C)C2. The summed E-state index contributed by atoms with van der Waals surface area (Å²) in [6.45, 7) is 1.13. The number of benzene rings is 1. The number of aromatic nitrogens is 3. The van der Waals surface area contributed by atoms with Gasteiger partial charge in [0.05, 0.1) is 6.54 Å². The number of oxazole rings is 1. The molecule has 1 unspecified atom stereocenters. The van der Waals surface area contributed by atoms with E-state index in [-0.39, 0.29) is 12.0 Å². The first-order chi connectivity index (χ1) is 13.7. The quantitative estimate of drug-likeness (QED) is 0.657. The van der Waals surface area contributed by atoms with Crippen molar-refractivity contribution >= 4 is 5.91 Å². The van der Waals surface area contributed by atoms with Crippen molar-refractivity contribution in [3.63, 3.8) is 0 Å². The van der Waals surface area contributed by atoms with E-state index >= 15 is 0 Å². The molecule has 146 valence electrons. The topological polar surface area (TPSA) is 73.4 Å². The maximum atomic E-state index is 12.6. The van der Waals surface area contributed by atoms with Crippen LogP contribution in [0.3, 0.4) is 0 Å². The van der Waals surface area contributed by atoms with E-state index in [4.69, 9.17) is 9.15 Å². The molecular formula is C21H24N4O3. The summed E-state index contributed by atoms with van der Waals surface area (Å²) in [6, 6.07) is 11.8. The lowest BCUT2D eigenvalue weighted by Gasteiger charge is -2.25. The number of hydrogen-bond donors (Lipinski definition) is 0. The molecule has 1 atom stereocenters. The van der Waals surface area contributed by atoms with Gasteiger partial charge in [0, 0.05) is 45.4 Å². The fraction of sp³-hybridized carbons (Fsp3) is 0.381. The Morgan fingerprint density at radius 2 is 2.11 bits per heavy atom. The number of ether oxygens (including phenoxy) is 1. The highest BCUT2D eigenvalue weighted by Crippen LogP contribution is 2.29. The summed E-state index contributed by atoms with van der Waals surface area (Å²) >= 11 is 0. The summed E-state index contributed by atoms with van der Waals surface area (Å²) in [5.41, 5.74) is 2.88. The monoisotopic (exact) mass is 380 g/mol. The number of aryl methyl sites for hydroxylation is 2. The maximum Gasteiger partial charge on any atom is 0.228 e. The van der Waals surface area contributed by atoms with E-state index in [1.165, 1.54) is 0 Å². The summed E-state index contributed by atoms with van der Waals surface area (Å²) in [4.78, 5) is 19.2. The Morgan fingerprint density at radius 3 is 2.82 bits per heavy atom. The van der Waals surface area contributed by atoms with E-state index < -0.39 is 0 Å². The van der Waals surface area contributed by atoms with Gasteiger partial charge in [-0.05, 0) is 18.1 Å². The Labute approximate surface area is 163 Å². The first-order valence-corrected chi connectivity index (χ1v) is 9.46. The van der Waals surface area contributed by atoms with Crippen LogP contribution in [0.5, 0.6) is 0 Å². The number of nitrogens with zero attached hydrogens (tertiary/aromatic N) is 4. The van der Waals surface area contributed by atoms with E-state index in [2.05, 4.69) is 10.1 Å². The number of methoxy groups -OCH3 is 1. The molecule has 0 spiro atoms. The third-order valence-electron chi connectivity index (χ3n) is 5.18. The van der Waals surface area contributed by atoms with Crippen molar-refractivity contribution in [3.05, 3.63) is 71.2 Å². The van der Waals surface area contributed by atoms with Gasteiger partial charge >= 0.3 is 0 Å². The molecular weight excluding hydrogens is 356 g/mol. The molecule has 3 heterocycles. The summed E-state index contributed by atoms with van der Waals surface area (Å²) in [7, 11) is 3.54. The molecule has 28 heavy (non-hydrogen) atoms. The van der Waals surface area contributed by atoms with Gasteiger partial charge in [0.1, 0.15) is 11.5 Å². The van der Waals surface area contributed by atoms with Crippen LogP contribution in [0.4, 0.5) is 0 Å². The zero-order valence-electron chi connectivity index (χ0n) is 16.2. The van der Waals surface area contributed by atoms with Gasteiger partial charge in [-0.15, -0.1) is 0 Å². The van der Waals surface area contributed by atoms with Gasteiger partial charge in [-0.25, -0.2) is 4.98 Å². The second kappa shape index (κ2) is 7.98. The Kier molecular flexibility index (Phi) is 5.25. The Morgan fingerprint density at radius 1 is 1.29 bits per heavy atom. The molecule has 3 aromatic rings. The minimum atomic E-state index is -0.346. The largest absolute Gasteiger partial charge is 0.442 e. The number of amides is 1. The highest BCUT2D eigenvalue weighted by Gasteiger charge is 2.28. The minimum Gasteiger partial charge on any atom is -0.442 e. The predicted octanol–water partition coefficient (Wildman–Crippen LogP) is 2.66. The van der Waals surface area contributed by atoms with E-state index in [0.29, 0.717) is 38.2 Å². The van der Waals surface area contributed by atoms with E-state index in [1.807, 2.05) is 48.3 Å². The van der Waals surface area contributed by atoms with Crippen molar-refractivity contribution in [1.29, 1.82) is 0 Å². The van der Waals surface area contributed by atoms with Crippen LogP contribution in [0.2, 0.25) is 0 Å². The molecule has 0 aliphatic carbocycles. The van der Waals surface area contributed by atoms with Crippen LogP contribution in [-0.2, 0) is 36.0 Å². The fourth-order valence-electron chi connectivity index (χ4n) is 3.59. The van der Waals surface area contributed by atoms with Crippen LogP contribution in [0.1, 0.15) is 41.1 Å². The average molecular weight is 380 g/mol. The maximum absolute atomic E-state index is 12.6. The molecule has 0 fully saturated rings. The number of hydrogen-bond acceptors (Lipinski definition) is 5. The minimum absolute atomic E-state index is 0.128. The van der Waals surface area contributed by atoms with Crippen molar-refractivity contribution in [2.24, 2.45) is 7.05 Å². The molecule has 4 rings (SSSR count). The number of carbonyl (C=O) groups excluding carboxylic acids is 1. The van der Waals surface area contributed by atoms with Crippen LogP contribution in [0, 0.1) is 0 Å². The molecule has 7 nitrogen and oxygen atoms in total. The van der Waals surface area contributed by atoms with Crippen molar-refractivity contribution < 1.29 is 13.9 Å². The second-order valence-electron chi connectivity index (χ2n) is 6.96. The summed E-state index contributed by atoms with van der Waals surface area (Å²) in [5.74, 6) is 1.52. The number of fused-ring (bicyclic) bond motifs is 1. The van der Waals surface area contributed by atoms with Gasteiger partial charge in [-0.1, -0.05) is 30.3 Å². The standard InChI is InChI=1S/C21H24N4O3/c1-24-16(10-12-22-24)8-9-19(26)25-13-11-18-17(14-25)23-21(28-18)20(27-2)15-6-4-3-5-7-15/h3-7,10,12,20H,8-9,11,13-14H2,1-2H3. The highest BCUT2D eigenvalue weighted by atomic mass is 16.5. The number of rotatable bonds is 6. The summed E-state index contributed by atoms with van der Waals surface area (Å²) in [5, 5.41) is 4.15. The molecule has 0 saturated heterocycles. The third-order valence-corrected chi connectivity index (χ3v) is 5.18. The van der Waals surface area contributed by atoms with Gasteiger partial charge in [-0.3, -0.25) is 9.48 Å². The molecule has 0 N–H and O–H groups in total. The van der Waals surface area contributed by atoms with Crippen LogP contribution >= 0.6 is 0 Å². The molecule has 1 aromatic carbocycles. The highest BCUT2D eigenvalue weighted by molar-refractivity contribution is 5.76. The van der Waals surface area contributed by atoms with Crippen LogP contribution in [-0.4, -0.2) is 39.2 Å². The zero-order valence-corrected chi connectivity index (χ0v) is 16.2. The van der Waals surface area contributed by atoms with Crippen molar-refractivity contribution in [2.75, 3.05) is 13.7 Å². The zero-order chi connectivity index (χ0) is 19.5. The first-order valence-electron chi connectivity index (χ1n) is 9.46. The molecule has 0 radical (unpaired) electrons. The van der Waals surface area contributed by atoms with Gasteiger partial charge in [0.2, 0.25) is 11.8 Å². The lowest BCUT2D eigenvalue weighted by Crippen LogP contribution is -2.36. The van der Waals surface area contributed by atoms with Crippen LogP contribution in [0.15, 0.2) is 47.0 Å². The summed E-state index contributed by atoms with van der Waals surface area (Å²) < 4.78 is 13.4. The first kappa shape index (κ1) is 18.4. The van der Waals surface area contributed by atoms with E-state index in [9.17, 15) is 4.79 Å². The summed E-state index contributed by atoms with van der Waals surface area (Å²) in [6.07, 6.45) is 3.22. The second-order valence-corrected chi connectivity index (χ2v) is 6.96.